The lowest BCUT2D eigenvalue weighted by Crippen LogP contribution is -2.46. The Labute approximate surface area is 145 Å². The van der Waals surface area contributed by atoms with Crippen molar-refractivity contribution in [1.29, 1.82) is 0 Å². The summed E-state index contributed by atoms with van der Waals surface area (Å²) in [5, 5.41) is 9.71. The molecule has 0 saturated carbocycles. The normalized spacial score (nSPS) is 15.7. The fraction of sp³-hybridized carbons (Fsp3) is 0.353. The van der Waals surface area contributed by atoms with E-state index in [9.17, 15) is 5.11 Å². The molecule has 0 amide bonds. The van der Waals surface area contributed by atoms with E-state index in [4.69, 9.17) is 17.0 Å². The molecule has 1 aromatic heterocycles. The predicted octanol–water partition coefficient (Wildman–Crippen LogP) is 3.05. The van der Waals surface area contributed by atoms with E-state index in [1.54, 1.807) is 24.5 Å². The summed E-state index contributed by atoms with van der Waals surface area (Å²) < 4.78 is 5.18. The SMILES string of the molecule is COc1cc(-c2ccc(C(=S)N3CCN(C)CC3)s2)ccc1O. The number of hydrogen-bond donors (Lipinski definition) is 1. The van der Waals surface area contributed by atoms with Gasteiger partial charge in [0.25, 0.3) is 0 Å². The summed E-state index contributed by atoms with van der Waals surface area (Å²) in [5.74, 6) is 0.639. The number of nitrogens with zero attached hydrogens (tertiary/aromatic N) is 2. The van der Waals surface area contributed by atoms with Gasteiger partial charge in [0.1, 0.15) is 4.99 Å². The standard InChI is InChI=1S/C17H20N2O2S2/c1-18-7-9-19(10-8-18)17(22)16-6-5-15(23-16)12-3-4-13(20)14(11-12)21-2/h3-6,11,20H,7-10H2,1-2H3. The lowest BCUT2D eigenvalue weighted by molar-refractivity contribution is 0.218. The van der Waals surface area contributed by atoms with Crippen molar-refractivity contribution in [2.45, 2.75) is 0 Å². The molecule has 0 unspecified atom stereocenters. The third kappa shape index (κ3) is 3.49. The fourth-order valence-electron chi connectivity index (χ4n) is 2.60. The Balaban J connectivity index is 1.79. The van der Waals surface area contributed by atoms with Crippen molar-refractivity contribution < 1.29 is 9.84 Å². The summed E-state index contributed by atoms with van der Waals surface area (Å²) in [6.07, 6.45) is 0. The maximum Gasteiger partial charge on any atom is 0.161 e. The van der Waals surface area contributed by atoms with Crippen molar-refractivity contribution in [1.82, 2.24) is 9.80 Å². The number of aromatic hydroxyl groups is 1. The number of ether oxygens (including phenoxy) is 1. The Bertz CT molecular complexity index is 706. The van der Waals surface area contributed by atoms with Crippen LogP contribution in [0, 0.1) is 0 Å². The highest BCUT2D eigenvalue weighted by molar-refractivity contribution is 7.81. The molecule has 1 N–H and O–H groups in total. The Hall–Kier alpha value is -1.63. The molecule has 4 nitrogen and oxygen atoms in total. The van der Waals surface area contributed by atoms with Crippen molar-refractivity contribution in [3.05, 3.63) is 35.2 Å². The minimum absolute atomic E-state index is 0.154. The summed E-state index contributed by atoms with van der Waals surface area (Å²) >= 11 is 7.34. The van der Waals surface area contributed by atoms with Crippen LogP contribution in [0.2, 0.25) is 0 Å². The van der Waals surface area contributed by atoms with Gasteiger partial charge in [0.05, 0.1) is 12.0 Å². The zero-order valence-corrected chi connectivity index (χ0v) is 14.9. The van der Waals surface area contributed by atoms with E-state index < -0.39 is 0 Å². The topological polar surface area (TPSA) is 35.9 Å². The summed E-state index contributed by atoms with van der Waals surface area (Å²) in [6.45, 7) is 4.06. The minimum atomic E-state index is 0.154. The fourth-order valence-corrected chi connectivity index (χ4v) is 3.95. The number of benzene rings is 1. The number of thiocarbonyl (C=S) groups is 1. The number of phenols is 1. The summed E-state index contributed by atoms with van der Waals surface area (Å²) in [4.78, 5) is 7.77. The molecule has 23 heavy (non-hydrogen) atoms. The Morgan fingerprint density at radius 1 is 1.17 bits per heavy atom. The first-order chi connectivity index (χ1) is 11.1. The van der Waals surface area contributed by atoms with Gasteiger partial charge >= 0.3 is 0 Å². The van der Waals surface area contributed by atoms with Crippen LogP contribution in [-0.4, -0.2) is 60.2 Å². The molecule has 122 valence electrons. The van der Waals surface area contributed by atoms with Crippen molar-refractivity contribution in [2.24, 2.45) is 0 Å². The lowest BCUT2D eigenvalue weighted by Gasteiger charge is -2.33. The zero-order valence-electron chi connectivity index (χ0n) is 13.3. The molecule has 2 heterocycles. The number of hydrogen-bond acceptors (Lipinski definition) is 5. The van der Waals surface area contributed by atoms with E-state index in [1.165, 1.54) is 0 Å². The number of thiophene rings is 1. The molecule has 0 bridgehead atoms. The van der Waals surface area contributed by atoms with Crippen LogP contribution in [0.15, 0.2) is 30.3 Å². The number of phenolic OH excluding ortho intramolecular Hbond substituents is 1. The van der Waals surface area contributed by atoms with Crippen LogP contribution in [0.3, 0.4) is 0 Å². The van der Waals surface area contributed by atoms with Crippen LogP contribution in [0.25, 0.3) is 10.4 Å². The lowest BCUT2D eigenvalue weighted by atomic mass is 10.1. The first kappa shape index (κ1) is 16.2. The van der Waals surface area contributed by atoms with Gasteiger partial charge in [-0.25, -0.2) is 0 Å². The molecule has 0 aliphatic carbocycles. The van der Waals surface area contributed by atoms with Gasteiger partial charge in [-0.2, -0.15) is 0 Å². The molecule has 0 spiro atoms. The molecule has 0 radical (unpaired) electrons. The molecule has 1 aliphatic heterocycles. The van der Waals surface area contributed by atoms with Crippen LogP contribution in [0.4, 0.5) is 0 Å². The highest BCUT2D eigenvalue weighted by Crippen LogP contribution is 2.35. The largest absolute Gasteiger partial charge is 0.504 e. The van der Waals surface area contributed by atoms with Crippen molar-refractivity contribution >= 4 is 28.5 Å². The smallest absolute Gasteiger partial charge is 0.161 e. The van der Waals surface area contributed by atoms with E-state index in [-0.39, 0.29) is 5.75 Å². The van der Waals surface area contributed by atoms with Gasteiger partial charge in [-0.15, -0.1) is 11.3 Å². The van der Waals surface area contributed by atoms with Gasteiger partial charge in [0.2, 0.25) is 0 Å². The molecule has 2 aromatic rings. The molecule has 1 fully saturated rings. The highest BCUT2D eigenvalue weighted by atomic mass is 32.1. The molecular weight excluding hydrogens is 328 g/mol. The highest BCUT2D eigenvalue weighted by Gasteiger charge is 2.19. The molecule has 1 aliphatic rings. The van der Waals surface area contributed by atoms with Gasteiger partial charge < -0.3 is 19.6 Å². The minimum Gasteiger partial charge on any atom is -0.504 e. The van der Waals surface area contributed by atoms with Gasteiger partial charge in [0, 0.05) is 31.1 Å². The summed E-state index contributed by atoms with van der Waals surface area (Å²) in [6, 6.07) is 9.57. The Kier molecular flexibility index (Phi) is 4.84. The maximum absolute atomic E-state index is 9.71. The third-order valence-corrected chi connectivity index (χ3v) is 5.82. The van der Waals surface area contributed by atoms with Crippen molar-refractivity contribution in [3.8, 4) is 21.9 Å². The number of likely N-dealkylation sites (N-methyl/N-ethyl adjacent to an activating group) is 1. The molecular formula is C17H20N2O2S2. The second kappa shape index (κ2) is 6.86. The van der Waals surface area contributed by atoms with Gasteiger partial charge in [-0.3, -0.25) is 0 Å². The van der Waals surface area contributed by atoms with E-state index >= 15 is 0 Å². The number of methoxy groups -OCH3 is 1. The molecule has 1 saturated heterocycles. The van der Waals surface area contributed by atoms with Crippen LogP contribution < -0.4 is 4.74 Å². The number of piperazine rings is 1. The second-order valence-electron chi connectivity index (χ2n) is 5.65. The van der Waals surface area contributed by atoms with E-state index in [0.29, 0.717) is 5.75 Å². The molecule has 0 atom stereocenters. The Morgan fingerprint density at radius 3 is 2.61 bits per heavy atom. The molecule has 1 aromatic carbocycles. The van der Waals surface area contributed by atoms with Crippen LogP contribution in [0.1, 0.15) is 4.88 Å². The first-order valence-corrected chi connectivity index (χ1v) is 8.76. The van der Waals surface area contributed by atoms with E-state index in [2.05, 4.69) is 29.0 Å². The van der Waals surface area contributed by atoms with Gasteiger partial charge in [-0.1, -0.05) is 12.2 Å². The molecule has 3 rings (SSSR count). The van der Waals surface area contributed by atoms with Crippen molar-refractivity contribution in [2.75, 3.05) is 40.3 Å². The predicted molar refractivity (Wildman–Crippen MR) is 98.7 cm³/mol. The van der Waals surface area contributed by atoms with E-state index in [1.807, 2.05) is 12.1 Å². The van der Waals surface area contributed by atoms with E-state index in [0.717, 1.165) is 46.5 Å². The number of rotatable bonds is 3. The quantitative estimate of drug-likeness (QED) is 0.863. The van der Waals surface area contributed by atoms with Crippen molar-refractivity contribution in [3.63, 3.8) is 0 Å². The summed E-state index contributed by atoms with van der Waals surface area (Å²) in [7, 11) is 3.70. The average molecular weight is 348 g/mol. The second-order valence-corrected chi connectivity index (χ2v) is 7.12. The van der Waals surface area contributed by atoms with Crippen LogP contribution in [-0.2, 0) is 0 Å². The van der Waals surface area contributed by atoms with Gasteiger partial charge in [-0.05, 0) is 42.9 Å². The Morgan fingerprint density at radius 2 is 1.91 bits per heavy atom. The maximum atomic E-state index is 9.71. The zero-order chi connectivity index (χ0) is 16.4. The summed E-state index contributed by atoms with van der Waals surface area (Å²) in [5.41, 5.74) is 1.03. The third-order valence-electron chi connectivity index (χ3n) is 4.07. The van der Waals surface area contributed by atoms with Gasteiger partial charge in [0.15, 0.2) is 11.5 Å². The average Bonchev–Trinajstić information content (AvgIpc) is 3.05. The van der Waals surface area contributed by atoms with Crippen LogP contribution >= 0.6 is 23.6 Å². The van der Waals surface area contributed by atoms with Crippen LogP contribution in [0.5, 0.6) is 11.5 Å². The monoisotopic (exact) mass is 348 g/mol. The molecule has 6 heteroatoms. The first-order valence-electron chi connectivity index (χ1n) is 7.53.